The zero-order valence-corrected chi connectivity index (χ0v) is 14.8. The molecule has 130 valence electrons. The normalized spacial score (nSPS) is 21.3. The Hall–Kier alpha value is -1.31. The van der Waals surface area contributed by atoms with Crippen LogP contribution in [-0.4, -0.2) is 26.1 Å². The Kier molecular flexibility index (Phi) is 7.31. The lowest BCUT2D eigenvalue weighted by atomic mass is 9.88. The number of amides is 1. The van der Waals surface area contributed by atoms with Crippen LogP contribution in [0, 0.1) is 5.92 Å². The number of carbonyl (C=O) groups excluding carboxylic acids is 1. The average Bonchev–Trinajstić information content (AvgIpc) is 2.43. The fourth-order valence-corrected chi connectivity index (χ4v) is 3.89. The number of halogens is 1. The summed E-state index contributed by atoms with van der Waals surface area (Å²) >= 11 is 0. The summed E-state index contributed by atoms with van der Waals surface area (Å²) in [5.41, 5.74) is 6.55. The van der Waals surface area contributed by atoms with Gasteiger partial charge in [-0.15, -0.1) is 12.4 Å². The summed E-state index contributed by atoms with van der Waals surface area (Å²) in [6.45, 7) is 2.17. The highest BCUT2D eigenvalue weighted by atomic mass is 35.5. The van der Waals surface area contributed by atoms with E-state index in [0.29, 0.717) is 17.3 Å². The molecule has 0 aliphatic heterocycles. The SMILES string of the molecule is CC1CCC(NS(=O)(=O)CC(=O)Nc2ccccc2N)CC1.Cl. The van der Waals surface area contributed by atoms with Crippen molar-refractivity contribution in [2.24, 2.45) is 5.92 Å². The first-order chi connectivity index (χ1) is 10.4. The van der Waals surface area contributed by atoms with Gasteiger partial charge in [-0.05, 0) is 43.7 Å². The summed E-state index contributed by atoms with van der Waals surface area (Å²) in [5.74, 6) is -0.535. The second-order valence-corrected chi connectivity index (χ2v) is 7.72. The maximum atomic E-state index is 12.1. The maximum Gasteiger partial charge on any atom is 0.241 e. The van der Waals surface area contributed by atoms with Crippen LogP contribution >= 0.6 is 12.4 Å². The molecule has 6 nitrogen and oxygen atoms in total. The van der Waals surface area contributed by atoms with Crippen LogP contribution in [0.25, 0.3) is 0 Å². The lowest BCUT2D eigenvalue weighted by molar-refractivity contribution is -0.113. The van der Waals surface area contributed by atoms with Crippen LogP contribution in [0.4, 0.5) is 11.4 Å². The molecule has 0 spiro atoms. The zero-order valence-electron chi connectivity index (χ0n) is 13.1. The molecule has 8 heteroatoms. The first-order valence-electron chi connectivity index (χ1n) is 7.50. The minimum atomic E-state index is -3.63. The van der Waals surface area contributed by atoms with E-state index in [4.69, 9.17) is 5.73 Å². The maximum absolute atomic E-state index is 12.1. The lowest BCUT2D eigenvalue weighted by Crippen LogP contribution is -2.41. The Morgan fingerprint density at radius 3 is 2.43 bits per heavy atom. The standard InChI is InChI=1S/C15H23N3O3S.ClH/c1-11-6-8-12(9-7-11)18-22(20,21)10-15(19)17-14-5-3-2-4-13(14)16;/h2-5,11-12,18H,6-10,16H2,1H3,(H,17,19);1H. The summed E-state index contributed by atoms with van der Waals surface area (Å²) in [4.78, 5) is 11.9. The Labute approximate surface area is 143 Å². The number of carbonyl (C=O) groups is 1. The molecule has 1 aliphatic rings. The molecule has 23 heavy (non-hydrogen) atoms. The summed E-state index contributed by atoms with van der Waals surface area (Å²) in [6, 6.07) is 6.69. The number of nitrogens with two attached hydrogens (primary N) is 1. The van der Waals surface area contributed by atoms with Crippen molar-refractivity contribution in [3.05, 3.63) is 24.3 Å². The third-order valence-corrected chi connectivity index (χ3v) is 5.25. The third kappa shape index (κ3) is 6.37. The molecular weight excluding hydrogens is 338 g/mol. The van der Waals surface area contributed by atoms with Gasteiger partial charge in [0.15, 0.2) is 0 Å². The average molecular weight is 362 g/mol. The highest BCUT2D eigenvalue weighted by Crippen LogP contribution is 2.24. The summed E-state index contributed by atoms with van der Waals surface area (Å²) in [6.07, 6.45) is 3.68. The molecule has 0 aromatic heterocycles. The van der Waals surface area contributed by atoms with Gasteiger partial charge in [-0.1, -0.05) is 19.1 Å². The molecule has 2 rings (SSSR count). The molecule has 0 radical (unpaired) electrons. The summed E-state index contributed by atoms with van der Waals surface area (Å²) < 4.78 is 26.8. The van der Waals surface area contributed by atoms with E-state index in [9.17, 15) is 13.2 Å². The molecule has 0 saturated heterocycles. The minimum Gasteiger partial charge on any atom is -0.397 e. The van der Waals surface area contributed by atoms with Crippen molar-refractivity contribution in [3.8, 4) is 0 Å². The second-order valence-electron chi connectivity index (χ2n) is 5.97. The van der Waals surface area contributed by atoms with Gasteiger partial charge in [0.2, 0.25) is 15.9 Å². The number of anilines is 2. The van der Waals surface area contributed by atoms with Crippen LogP contribution in [0.15, 0.2) is 24.3 Å². The molecule has 1 saturated carbocycles. The van der Waals surface area contributed by atoms with E-state index in [1.54, 1.807) is 24.3 Å². The van der Waals surface area contributed by atoms with Crippen molar-refractivity contribution in [2.75, 3.05) is 16.8 Å². The van der Waals surface area contributed by atoms with Gasteiger partial charge in [-0.2, -0.15) is 0 Å². The molecule has 0 heterocycles. The number of sulfonamides is 1. The largest absolute Gasteiger partial charge is 0.397 e. The Bertz CT molecular complexity index is 629. The van der Waals surface area contributed by atoms with E-state index in [1.807, 2.05) is 0 Å². The van der Waals surface area contributed by atoms with Crippen LogP contribution in [0.5, 0.6) is 0 Å². The molecular formula is C15H24ClN3O3S. The number of para-hydroxylation sites is 2. The Morgan fingerprint density at radius 2 is 1.83 bits per heavy atom. The van der Waals surface area contributed by atoms with Crippen LogP contribution in [0.2, 0.25) is 0 Å². The van der Waals surface area contributed by atoms with Crippen LogP contribution in [0.3, 0.4) is 0 Å². The fourth-order valence-electron chi connectivity index (χ4n) is 2.64. The van der Waals surface area contributed by atoms with E-state index in [-0.39, 0.29) is 18.4 Å². The fraction of sp³-hybridized carbons (Fsp3) is 0.533. The van der Waals surface area contributed by atoms with Crippen molar-refractivity contribution in [3.63, 3.8) is 0 Å². The number of rotatable bonds is 5. The Morgan fingerprint density at radius 1 is 1.22 bits per heavy atom. The lowest BCUT2D eigenvalue weighted by Gasteiger charge is -2.26. The van der Waals surface area contributed by atoms with Crippen molar-refractivity contribution in [1.29, 1.82) is 0 Å². The van der Waals surface area contributed by atoms with Gasteiger partial charge in [0, 0.05) is 6.04 Å². The first-order valence-corrected chi connectivity index (χ1v) is 9.15. The highest BCUT2D eigenvalue weighted by Gasteiger charge is 2.24. The predicted molar refractivity (Wildman–Crippen MR) is 95.1 cm³/mol. The van der Waals surface area contributed by atoms with Crippen molar-refractivity contribution in [1.82, 2.24) is 4.72 Å². The number of hydrogen-bond donors (Lipinski definition) is 3. The molecule has 4 N–H and O–H groups in total. The predicted octanol–water partition coefficient (Wildman–Crippen LogP) is 2.13. The van der Waals surface area contributed by atoms with Gasteiger partial charge in [0.1, 0.15) is 5.75 Å². The van der Waals surface area contributed by atoms with E-state index in [0.717, 1.165) is 25.7 Å². The van der Waals surface area contributed by atoms with E-state index in [1.165, 1.54) is 0 Å². The number of hydrogen-bond acceptors (Lipinski definition) is 4. The van der Waals surface area contributed by atoms with E-state index < -0.39 is 21.7 Å². The minimum absolute atomic E-state index is 0. The molecule has 1 fully saturated rings. The van der Waals surface area contributed by atoms with E-state index in [2.05, 4.69) is 17.0 Å². The van der Waals surface area contributed by atoms with Crippen LogP contribution in [-0.2, 0) is 14.8 Å². The van der Waals surface area contributed by atoms with Gasteiger partial charge < -0.3 is 11.1 Å². The van der Waals surface area contributed by atoms with Crippen molar-refractivity contribution in [2.45, 2.75) is 38.6 Å². The molecule has 1 aromatic carbocycles. The van der Waals surface area contributed by atoms with E-state index >= 15 is 0 Å². The monoisotopic (exact) mass is 361 g/mol. The Balaban J connectivity index is 0.00000264. The smallest absolute Gasteiger partial charge is 0.241 e. The van der Waals surface area contributed by atoms with Gasteiger partial charge in [-0.25, -0.2) is 13.1 Å². The number of nitrogens with one attached hydrogen (secondary N) is 2. The van der Waals surface area contributed by atoms with Gasteiger partial charge >= 0.3 is 0 Å². The summed E-state index contributed by atoms with van der Waals surface area (Å²) in [7, 11) is -3.63. The molecule has 1 aliphatic carbocycles. The van der Waals surface area contributed by atoms with Gasteiger partial charge in [-0.3, -0.25) is 4.79 Å². The molecule has 0 bridgehead atoms. The van der Waals surface area contributed by atoms with Gasteiger partial charge in [0.25, 0.3) is 0 Å². The van der Waals surface area contributed by atoms with Crippen LogP contribution < -0.4 is 15.8 Å². The molecule has 0 atom stereocenters. The topological polar surface area (TPSA) is 101 Å². The second kappa shape index (κ2) is 8.52. The highest BCUT2D eigenvalue weighted by molar-refractivity contribution is 7.90. The zero-order chi connectivity index (χ0) is 16.2. The quantitative estimate of drug-likeness (QED) is 0.699. The number of nitrogen functional groups attached to an aromatic ring is 1. The number of benzene rings is 1. The molecule has 1 amide bonds. The first kappa shape index (κ1) is 19.7. The van der Waals surface area contributed by atoms with Crippen LogP contribution in [0.1, 0.15) is 32.6 Å². The molecule has 0 unspecified atom stereocenters. The van der Waals surface area contributed by atoms with Crippen molar-refractivity contribution < 1.29 is 13.2 Å². The third-order valence-electron chi connectivity index (χ3n) is 3.92. The molecule has 1 aromatic rings. The summed E-state index contributed by atoms with van der Waals surface area (Å²) in [5, 5.41) is 2.53. The van der Waals surface area contributed by atoms with Crippen molar-refractivity contribution >= 4 is 39.7 Å². The van der Waals surface area contributed by atoms with Gasteiger partial charge in [0.05, 0.1) is 11.4 Å².